The van der Waals surface area contributed by atoms with Crippen molar-refractivity contribution in [2.75, 3.05) is 0 Å². The molecule has 1 aromatic carbocycles. The molecule has 0 radical (unpaired) electrons. The molecule has 0 spiro atoms. The number of imidazole rings is 1. The van der Waals surface area contributed by atoms with E-state index < -0.39 is 5.97 Å². The predicted octanol–water partition coefficient (Wildman–Crippen LogP) is 3.18. The third kappa shape index (κ3) is 3.07. The van der Waals surface area contributed by atoms with Crippen LogP contribution in [0.4, 0.5) is 0 Å². The van der Waals surface area contributed by atoms with Crippen LogP contribution in [0.1, 0.15) is 30.9 Å². The lowest BCUT2D eigenvalue weighted by atomic mass is 10.0. The monoisotopic (exact) mass is 273 g/mol. The Morgan fingerprint density at radius 1 is 1.60 bits per heavy atom. The molecule has 7 heteroatoms. The Morgan fingerprint density at radius 2 is 2.40 bits per heavy atom. The lowest BCUT2D eigenvalue weighted by Crippen LogP contribution is -1.99. The number of hydrogen-bond acceptors (Lipinski definition) is 3. The van der Waals surface area contributed by atoms with Crippen LogP contribution in [-0.2, 0) is 11.8 Å². The van der Waals surface area contributed by atoms with E-state index in [9.17, 15) is 4.79 Å². The number of aromatic nitrogens is 2. The Balaban J connectivity index is 2.22. The summed E-state index contributed by atoms with van der Waals surface area (Å²) in [5.74, 6) is -0.843. The van der Waals surface area contributed by atoms with Gasteiger partial charge in [-0.2, -0.15) is 0 Å². The summed E-state index contributed by atoms with van der Waals surface area (Å²) in [7, 11) is 1.91. The van der Waals surface area contributed by atoms with Crippen molar-refractivity contribution in [2.24, 2.45) is 12.2 Å². The van der Waals surface area contributed by atoms with Crippen LogP contribution in [0.5, 0.6) is 0 Å². The van der Waals surface area contributed by atoms with E-state index in [0.29, 0.717) is 12.8 Å². The van der Waals surface area contributed by atoms with Crippen molar-refractivity contribution < 1.29 is 9.90 Å². The standard InChI is InChI=1S/C13H15N5O2/c1-18-8-15-11-7-9(5-6-12(11)18)10(16-17-14)3-2-4-13(19)20/h5-8,10H,2-4H2,1H3,(H,19,20). The first-order valence-corrected chi connectivity index (χ1v) is 6.29. The first-order valence-electron chi connectivity index (χ1n) is 6.29. The second kappa shape index (κ2) is 6.08. The molecule has 0 aliphatic heterocycles. The lowest BCUT2D eigenvalue weighted by molar-refractivity contribution is -0.137. The number of nitrogens with zero attached hydrogens (tertiary/aromatic N) is 5. The Kier molecular flexibility index (Phi) is 4.22. The second-order valence-electron chi connectivity index (χ2n) is 4.61. The normalized spacial score (nSPS) is 12.1. The largest absolute Gasteiger partial charge is 0.481 e. The Morgan fingerprint density at radius 3 is 3.10 bits per heavy atom. The van der Waals surface area contributed by atoms with Crippen LogP contribution in [0.2, 0.25) is 0 Å². The minimum Gasteiger partial charge on any atom is -0.481 e. The van der Waals surface area contributed by atoms with Gasteiger partial charge in [0.2, 0.25) is 0 Å². The molecule has 0 amide bonds. The average Bonchev–Trinajstić information content (AvgIpc) is 2.78. The van der Waals surface area contributed by atoms with E-state index in [1.54, 1.807) is 6.33 Å². The van der Waals surface area contributed by atoms with Gasteiger partial charge < -0.3 is 9.67 Å². The first-order chi connectivity index (χ1) is 9.61. The molecule has 1 N–H and O–H groups in total. The number of carboxylic acid groups (broad SMARTS) is 1. The van der Waals surface area contributed by atoms with Gasteiger partial charge in [0.25, 0.3) is 0 Å². The fourth-order valence-corrected chi connectivity index (χ4v) is 2.16. The molecule has 104 valence electrons. The van der Waals surface area contributed by atoms with Gasteiger partial charge >= 0.3 is 5.97 Å². The summed E-state index contributed by atoms with van der Waals surface area (Å²) in [6, 6.07) is 5.35. The molecule has 0 bridgehead atoms. The average molecular weight is 273 g/mol. The lowest BCUT2D eigenvalue weighted by Gasteiger charge is -2.10. The summed E-state index contributed by atoms with van der Waals surface area (Å²) >= 11 is 0. The topological polar surface area (TPSA) is 104 Å². The Hall–Kier alpha value is -2.53. The number of rotatable bonds is 6. The van der Waals surface area contributed by atoms with Gasteiger partial charge in [0.15, 0.2) is 0 Å². The summed E-state index contributed by atoms with van der Waals surface area (Å²) in [5.41, 5.74) is 11.3. The van der Waals surface area contributed by atoms with Crippen molar-refractivity contribution in [1.82, 2.24) is 9.55 Å². The molecule has 7 nitrogen and oxygen atoms in total. The van der Waals surface area contributed by atoms with Crippen molar-refractivity contribution in [3.8, 4) is 0 Å². The molecule has 0 aliphatic carbocycles. The molecular formula is C13H15N5O2. The third-order valence-corrected chi connectivity index (χ3v) is 3.19. The van der Waals surface area contributed by atoms with E-state index in [-0.39, 0.29) is 12.5 Å². The predicted molar refractivity (Wildman–Crippen MR) is 74.1 cm³/mol. The van der Waals surface area contributed by atoms with Crippen LogP contribution in [0.25, 0.3) is 21.5 Å². The van der Waals surface area contributed by atoms with Crippen molar-refractivity contribution in [2.45, 2.75) is 25.3 Å². The summed E-state index contributed by atoms with van der Waals surface area (Å²) in [6.07, 6.45) is 2.78. The van der Waals surface area contributed by atoms with Crippen molar-refractivity contribution in [3.63, 3.8) is 0 Å². The van der Waals surface area contributed by atoms with Gasteiger partial charge in [-0.25, -0.2) is 4.98 Å². The number of aliphatic carboxylic acids is 1. The number of benzene rings is 1. The van der Waals surface area contributed by atoms with Gasteiger partial charge in [-0.3, -0.25) is 4.79 Å². The minimum atomic E-state index is -0.843. The fraction of sp³-hybridized carbons (Fsp3) is 0.385. The fourth-order valence-electron chi connectivity index (χ4n) is 2.16. The quantitative estimate of drug-likeness (QED) is 0.496. The van der Waals surface area contributed by atoms with E-state index >= 15 is 0 Å². The number of carbonyl (C=O) groups is 1. The zero-order chi connectivity index (χ0) is 14.5. The first kappa shape index (κ1) is 13.9. The van der Waals surface area contributed by atoms with Crippen molar-refractivity contribution in [3.05, 3.63) is 40.5 Å². The molecule has 0 saturated carbocycles. The highest BCUT2D eigenvalue weighted by Gasteiger charge is 2.12. The van der Waals surface area contributed by atoms with Crippen LogP contribution < -0.4 is 0 Å². The van der Waals surface area contributed by atoms with Gasteiger partial charge in [-0.1, -0.05) is 11.2 Å². The smallest absolute Gasteiger partial charge is 0.303 e. The summed E-state index contributed by atoms with van der Waals surface area (Å²) in [4.78, 5) is 17.6. The maximum absolute atomic E-state index is 10.5. The highest BCUT2D eigenvalue weighted by Crippen LogP contribution is 2.26. The highest BCUT2D eigenvalue weighted by molar-refractivity contribution is 5.76. The van der Waals surface area contributed by atoms with Crippen LogP contribution in [0.3, 0.4) is 0 Å². The molecule has 1 unspecified atom stereocenters. The number of fused-ring (bicyclic) bond motifs is 1. The zero-order valence-corrected chi connectivity index (χ0v) is 11.1. The van der Waals surface area contributed by atoms with Crippen molar-refractivity contribution in [1.29, 1.82) is 0 Å². The summed E-state index contributed by atoms with van der Waals surface area (Å²) < 4.78 is 1.91. The maximum Gasteiger partial charge on any atom is 0.303 e. The van der Waals surface area contributed by atoms with Crippen LogP contribution in [0.15, 0.2) is 29.6 Å². The van der Waals surface area contributed by atoms with Gasteiger partial charge in [-0.05, 0) is 36.1 Å². The molecular weight excluding hydrogens is 258 g/mol. The maximum atomic E-state index is 10.5. The SMILES string of the molecule is Cn1cnc2cc(C(CCCC(=O)O)N=[N+]=[N-])ccc21. The van der Waals surface area contributed by atoms with E-state index in [1.165, 1.54) is 0 Å². The number of carboxylic acids is 1. The molecule has 1 aromatic heterocycles. The van der Waals surface area contributed by atoms with Gasteiger partial charge in [0.05, 0.1) is 23.4 Å². The van der Waals surface area contributed by atoms with Crippen LogP contribution >= 0.6 is 0 Å². The van der Waals surface area contributed by atoms with Crippen LogP contribution in [-0.4, -0.2) is 20.6 Å². The molecule has 1 atom stereocenters. The Labute approximate surface area is 115 Å². The number of hydrogen-bond donors (Lipinski definition) is 1. The summed E-state index contributed by atoms with van der Waals surface area (Å²) in [5, 5.41) is 12.4. The molecule has 0 saturated heterocycles. The molecule has 2 rings (SSSR count). The molecule has 0 fully saturated rings. The zero-order valence-electron chi connectivity index (χ0n) is 11.1. The van der Waals surface area contributed by atoms with Gasteiger partial charge in [0, 0.05) is 18.4 Å². The van der Waals surface area contributed by atoms with E-state index in [2.05, 4.69) is 15.0 Å². The Bertz CT molecular complexity index is 672. The number of aryl methyl sites for hydroxylation is 1. The van der Waals surface area contributed by atoms with Crippen molar-refractivity contribution >= 4 is 17.0 Å². The van der Waals surface area contributed by atoms with Gasteiger partial charge in [-0.15, -0.1) is 0 Å². The van der Waals surface area contributed by atoms with E-state index in [0.717, 1.165) is 16.6 Å². The molecule has 2 aromatic rings. The summed E-state index contributed by atoms with van der Waals surface area (Å²) in [6.45, 7) is 0. The molecule has 20 heavy (non-hydrogen) atoms. The highest BCUT2D eigenvalue weighted by atomic mass is 16.4. The minimum absolute atomic E-state index is 0.0727. The number of azide groups is 1. The molecule has 1 heterocycles. The third-order valence-electron chi connectivity index (χ3n) is 3.19. The van der Waals surface area contributed by atoms with Crippen LogP contribution in [0, 0.1) is 0 Å². The molecule has 0 aliphatic rings. The van der Waals surface area contributed by atoms with E-state index in [4.69, 9.17) is 10.6 Å². The second-order valence-corrected chi connectivity index (χ2v) is 4.61. The van der Waals surface area contributed by atoms with Gasteiger partial charge in [0.1, 0.15) is 0 Å². The van der Waals surface area contributed by atoms with E-state index in [1.807, 2.05) is 29.8 Å².